The van der Waals surface area contributed by atoms with E-state index in [0.717, 1.165) is 30.0 Å². The maximum atomic E-state index is 13.1. The third-order valence-corrected chi connectivity index (χ3v) is 3.54. The van der Waals surface area contributed by atoms with Crippen LogP contribution >= 0.6 is 11.8 Å². The number of phenolic OH excluding ortho intramolecular Hbond substituents is 1. The Kier molecular flexibility index (Phi) is 3.92. The van der Waals surface area contributed by atoms with E-state index in [1.807, 2.05) is 0 Å². The number of Topliss-reactive ketones (excluding diaryl/α,β-unsaturated/α-hetero) is 1. The highest BCUT2D eigenvalue weighted by Crippen LogP contribution is 2.25. The van der Waals surface area contributed by atoms with Crippen LogP contribution in [0.3, 0.4) is 0 Å². The molecule has 0 bridgehead atoms. The maximum absolute atomic E-state index is 13.1. The van der Waals surface area contributed by atoms with Gasteiger partial charge >= 0.3 is 0 Å². The van der Waals surface area contributed by atoms with Gasteiger partial charge in [-0.25, -0.2) is 4.39 Å². The number of ketones is 1. The first kappa shape index (κ1) is 14.3. The number of halogens is 1. The van der Waals surface area contributed by atoms with Gasteiger partial charge in [-0.15, -0.1) is 10.2 Å². The highest BCUT2D eigenvalue weighted by Gasteiger charge is 2.16. The van der Waals surface area contributed by atoms with Crippen LogP contribution in [0.1, 0.15) is 10.4 Å². The molecule has 0 aliphatic carbocycles. The summed E-state index contributed by atoms with van der Waals surface area (Å²) in [6.07, 6.45) is 1.47. The molecule has 0 spiro atoms. The number of carbonyl (C=O) groups excluding carboxylic acids is 1. The summed E-state index contributed by atoms with van der Waals surface area (Å²) in [5.74, 6) is -0.754. The van der Waals surface area contributed by atoms with Crippen LogP contribution in [0.25, 0.3) is 11.7 Å². The first-order valence-corrected chi connectivity index (χ1v) is 7.14. The average molecular weight is 320 g/mol. The van der Waals surface area contributed by atoms with E-state index in [1.54, 1.807) is 12.1 Å². The number of thioether (sulfide) groups is 1. The number of rotatable bonds is 5. The van der Waals surface area contributed by atoms with Gasteiger partial charge in [0.05, 0.1) is 17.6 Å². The Balaban J connectivity index is 1.67. The lowest BCUT2D eigenvalue weighted by Gasteiger charge is -2.02. The number of aromatic hydroxyl groups is 1. The molecule has 6 nitrogen and oxygen atoms in total. The van der Waals surface area contributed by atoms with E-state index in [1.165, 1.54) is 6.26 Å². The second-order valence-corrected chi connectivity index (χ2v) is 5.15. The van der Waals surface area contributed by atoms with Gasteiger partial charge < -0.3 is 13.9 Å². The fourth-order valence-corrected chi connectivity index (χ4v) is 2.35. The number of phenols is 1. The van der Waals surface area contributed by atoms with Crippen LogP contribution in [0.4, 0.5) is 4.39 Å². The molecule has 0 saturated carbocycles. The van der Waals surface area contributed by atoms with Crippen LogP contribution in [-0.2, 0) is 0 Å². The number of furan rings is 1. The number of carbonyl (C=O) groups is 1. The summed E-state index contributed by atoms with van der Waals surface area (Å²) in [4.78, 5) is 12.0. The van der Waals surface area contributed by atoms with E-state index >= 15 is 0 Å². The number of aromatic nitrogens is 2. The van der Waals surface area contributed by atoms with Crippen molar-refractivity contribution in [2.45, 2.75) is 5.22 Å². The largest absolute Gasteiger partial charge is 0.507 e. The molecule has 3 rings (SSSR count). The van der Waals surface area contributed by atoms with Gasteiger partial charge in [0.15, 0.2) is 11.5 Å². The van der Waals surface area contributed by atoms with Crippen LogP contribution in [0.15, 0.2) is 50.7 Å². The molecule has 112 valence electrons. The topological polar surface area (TPSA) is 89.4 Å². The minimum absolute atomic E-state index is 0.0726. The minimum atomic E-state index is -0.593. The van der Waals surface area contributed by atoms with Gasteiger partial charge in [0, 0.05) is 0 Å². The van der Waals surface area contributed by atoms with Crippen molar-refractivity contribution in [1.29, 1.82) is 0 Å². The molecule has 0 saturated heterocycles. The molecule has 0 fully saturated rings. The van der Waals surface area contributed by atoms with E-state index in [0.29, 0.717) is 5.76 Å². The molecule has 2 aromatic heterocycles. The van der Waals surface area contributed by atoms with E-state index in [2.05, 4.69) is 10.2 Å². The summed E-state index contributed by atoms with van der Waals surface area (Å²) in [6, 6.07) is 6.54. The van der Waals surface area contributed by atoms with Crippen molar-refractivity contribution in [2.75, 3.05) is 5.75 Å². The van der Waals surface area contributed by atoms with E-state index in [9.17, 15) is 14.3 Å². The zero-order valence-electron chi connectivity index (χ0n) is 11.0. The fourth-order valence-electron chi connectivity index (χ4n) is 1.70. The van der Waals surface area contributed by atoms with Crippen molar-refractivity contribution in [3.63, 3.8) is 0 Å². The zero-order chi connectivity index (χ0) is 15.5. The second kappa shape index (κ2) is 6.02. The molecular formula is C14H9FN2O4S. The first-order valence-electron chi connectivity index (χ1n) is 6.15. The smallest absolute Gasteiger partial charge is 0.284 e. The van der Waals surface area contributed by atoms with Crippen molar-refractivity contribution in [3.05, 3.63) is 48.0 Å². The van der Waals surface area contributed by atoms with Gasteiger partial charge in [-0.3, -0.25) is 4.79 Å². The van der Waals surface area contributed by atoms with Crippen molar-refractivity contribution in [2.24, 2.45) is 0 Å². The van der Waals surface area contributed by atoms with Crippen LogP contribution in [-0.4, -0.2) is 26.8 Å². The lowest BCUT2D eigenvalue weighted by molar-refractivity contribution is 0.101. The molecule has 0 unspecified atom stereocenters. The molecule has 0 radical (unpaired) electrons. The predicted octanol–water partition coefficient (Wildman–Crippen LogP) is 3.15. The average Bonchev–Trinajstić information content (AvgIpc) is 3.17. The van der Waals surface area contributed by atoms with Crippen molar-refractivity contribution in [3.8, 4) is 17.4 Å². The zero-order valence-corrected chi connectivity index (χ0v) is 11.8. The van der Waals surface area contributed by atoms with E-state index in [4.69, 9.17) is 8.83 Å². The lowest BCUT2D eigenvalue weighted by atomic mass is 10.1. The molecule has 0 aliphatic rings. The third kappa shape index (κ3) is 3.01. The first-order chi connectivity index (χ1) is 10.6. The summed E-state index contributed by atoms with van der Waals surface area (Å²) >= 11 is 0.991. The standard InChI is InChI=1S/C14H9FN2O4S/c15-8-3-4-10(18)9(6-8)11(19)7-22-14-17-16-13(21-14)12-2-1-5-20-12/h1-6,18H,7H2. The number of benzene rings is 1. The van der Waals surface area contributed by atoms with Crippen molar-refractivity contribution < 1.29 is 23.1 Å². The van der Waals surface area contributed by atoms with Gasteiger partial charge in [-0.2, -0.15) is 0 Å². The Morgan fingerprint density at radius 2 is 2.18 bits per heavy atom. The number of hydrogen-bond donors (Lipinski definition) is 1. The third-order valence-electron chi connectivity index (χ3n) is 2.72. The highest BCUT2D eigenvalue weighted by atomic mass is 32.2. The second-order valence-electron chi connectivity index (χ2n) is 4.22. The molecular weight excluding hydrogens is 311 g/mol. The monoisotopic (exact) mass is 320 g/mol. The Morgan fingerprint density at radius 3 is 2.95 bits per heavy atom. The normalized spacial score (nSPS) is 10.8. The molecule has 8 heteroatoms. The lowest BCUT2D eigenvalue weighted by Crippen LogP contribution is -2.03. The molecule has 0 amide bonds. The van der Waals surface area contributed by atoms with E-state index in [-0.39, 0.29) is 28.2 Å². The van der Waals surface area contributed by atoms with Crippen molar-refractivity contribution in [1.82, 2.24) is 10.2 Å². The van der Waals surface area contributed by atoms with Crippen LogP contribution in [0.2, 0.25) is 0 Å². The number of nitrogens with zero attached hydrogens (tertiary/aromatic N) is 2. The quantitative estimate of drug-likeness (QED) is 0.570. The SMILES string of the molecule is O=C(CSc1nnc(-c2ccco2)o1)c1cc(F)ccc1O. The molecule has 0 atom stereocenters. The van der Waals surface area contributed by atoms with Gasteiger partial charge in [-0.05, 0) is 30.3 Å². The Morgan fingerprint density at radius 1 is 1.32 bits per heavy atom. The highest BCUT2D eigenvalue weighted by molar-refractivity contribution is 7.99. The molecule has 3 aromatic rings. The van der Waals surface area contributed by atoms with Crippen LogP contribution in [0, 0.1) is 5.82 Å². The Bertz CT molecular complexity index is 801. The Hall–Kier alpha value is -2.61. The summed E-state index contributed by atoms with van der Waals surface area (Å²) in [5, 5.41) is 17.3. The molecule has 0 aliphatic heterocycles. The van der Waals surface area contributed by atoms with Crippen LogP contribution in [0.5, 0.6) is 5.75 Å². The van der Waals surface area contributed by atoms with Crippen molar-refractivity contribution >= 4 is 17.5 Å². The summed E-state index contributed by atoms with van der Waals surface area (Å²) in [5.41, 5.74) is -0.0849. The summed E-state index contributed by atoms with van der Waals surface area (Å²) in [7, 11) is 0. The summed E-state index contributed by atoms with van der Waals surface area (Å²) < 4.78 is 23.5. The van der Waals surface area contributed by atoms with Gasteiger partial charge in [0.1, 0.15) is 11.6 Å². The minimum Gasteiger partial charge on any atom is -0.507 e. The Labute approximate surface area is 128 Å². The van der Waals surface area contributed by atoms with Gasteiger partial charge in [-0.1, -0.05) is 11.8 Å². The molecule has 2 heterocycles. The molecule has 1 aromatic carbocycles. The molecule has 22 heavy (non-hydrogen) atoms. The van der Waals surface area contributed by atoms with Gasteiger partial charge in [0.25, 0.3) is 11.1 Å². The fraction of sp³-hybridized carbons (Fsp3) is 0.0714. The predicted molar refractivity (Wildman–Crippen MR) is 75.1 cm³/mol. The van der Waals surface area contributed by atoms with E-state index < -0.39 is 11.6 Å². The van der Waals surface area contributed by atoms with Crippen LogP contribution < -0.4 is 0 Å². The summed E-state index contributed by atoms with van der Waals surface area (Å²) in [6.45, 7) is 0. The maximum Gasteiger partial charge on any atom is 0.284 e. The van der Waals surface area contributed by atoms with Gasteiger partial charge in [0.2, 0.25) is 0 Å². The molecule has 1 N–H and O–H groups in total. The number of hydrogen-bond acceptors (Lipinski definition) is 7.